The van der Waals surface area contributed by atoms with Crippen LogP contribution in [0.2, 0.25) is 0 Å². The summed E-state index contributed by atoms with van der Waals surface area (Å²) in [5.74, 6) is 0. The summed E-state index contributed by atoms with van der Waals surface area (Å²) in [6, 6.07) is 0. The van der Waals surface area contributed by atoms with Gasteiger partial charge in [-0.2, -0.15) is 0 Å². The summed E-state index contributed by atoms with van der Waals surface area (Å²) in [6.07, 6.45) is 2.34. The van der Waals surface area contributed by atoms with Gasteiger partial charge >= 0.3 is 0 Å². The number of hydrogen-bond acceptors (Lipinski definition) is 2. The molecule has 3 heteroatoms. The topological polar surface area (TPSA) is 38.5 Å². The molecule has 2 unspecified atom stereocenters. The summed E-state index contributed by atoms with van der Waals surface area (Å²) in [5.41, 5.74) is 5.60. The van der Waals surface area contributed by atoms with Gasteiger partial charge in [-0.15, -0.1) is 6.58 Å². The molecule has 0 amide bonds. The lowest BCUT2D eigenvalue weighted by Gasteiger charge is -2.15. The van der Waals surface area contributed by atoms with E-state index in [1.54, 1.807) is 6.08 Å². The van der Waals surface area contributed by atoms with Crippen LogP contribution in [0.5, 0.6) is 0 Å². The lowest BCUT2D eigenvalue weighted by atomic mass is 10.1. The van der Waals surface area contributed by atoms with E-state index in [0.29, 0.717) is 13.0 Å². The third-order valence-corrected chi connectivity index (χ3v) is 1.72. The van der Waals surface area contributed by atoms with Crippen molar-refractivity contribution in [2.45, 2.75) is 17.5 Å². The van der Waals surface area contributed by atoms with E-state index in [1.807, 2.05) is 0 Å². The molecular formula is C6H10ClNO. The van der Waals surface area contributed by atoms with Gasteiger partial charge in [0.25, 0.3) is 0 Å². The van der Waals surface area contributed by atoms with Gasteiger partial charge in [-0.3, -0.25) is 0 Å². The predicted octanol–water partition coefficient (Wildman–Crippen LogP) is 0.855. The first-order chi connectivity index (χ1) is 4.17. The van der Waals surface area contributed by atoms with Gasteiger partial charge in [-0.1, -0.05) is 17.7 Å². The summed E-state index contributed by atoms with van der Waals surface area (Å²) in [7, 11) is 0. The molecule has 0 aromatic carbocycles. The van der Waals surface area contributed by atoms with Gasteiger partial charge in [-0.05, 0) is 6.42 Å². The number of nitrogens with two attached hydrogens (primary N) is 1. The van der Waals surface area contributed by atoms with Gasteiger partial charge in [0.1, 0.15) is 11.1 Å². The highest BCUT2D eigenvalue weighted by atomic mass is 35.5. The Morgan fingerprint density at radius 3 is 2.89 bits per heavy atom. The summed E-state index contributed by atoms with van der Waals surface area (Å²) < 4.78 is 4.92. The van der Waals surface area contributed by atoms with Gasteiger partial charge in [0, 0.05) is 0 Å². The number of halogens is 1. The Bertz CT molecular complexity index is 120. The first-order valence-corrected chi connectivity index (χ1v) is 3.25. The smallest absolute Gasteiger partial charge is 0.123 e. The number of alkyl halides is 1. The minimum atomic E-state index is -0.707. The van der Waals surface area contributed by atoms with Crippen molar-refractivity contribution in [1.29, 1.82) is 0 Å². The van der Waals surface area contributed by atoms with E-state index in [2.05, 4.69) is 6.58 Å². The largest absolute Gasteiger partial charge is 0.370 e. The van der Waals surface area contributed by atoms with Crippen molar-refractivity contribution in [1.82, 2.24) is 0 Å². The van der Waals surface area contributed by atoms with Crippen LogP contribution in [0, 0.1) is 0 Å². The maximum atomic E-state index is 5.82. The number of rotatable bonds is 3. The summed E-state index contributed by atoms with van der Waals surface area (Å²) in [4.78, 5) is -0.707. The van der Waals surface area contributed by atoms with Crippen molar-refractivity contribution in [3.63, 3.8) is 0 Å². The van der Waals surface area contributed by atoms with E-state index in [1.165, 1.54) is 0 Å². The van der Waals surface area contributed by atoms with Crippen molar-refractivity contribution < 1.29 is 4.74 Å². The first kappa shape index (κ1) is 7.06. The molecule has 1 rings (SSSR count). The standard InChI is InChI=1S/C6H10ClNO/c1-2-3-6(7,8)5-4-9-5/h2,5H,1,3-4,8H2. The van der Waals surface area contributed by atoms with E-state index in [-0.39, 0.29) is 6.10 Å². The fourth-order valence-corrected chi connectivity index (χ4v) is 0.913. The molecule has 1 heterocycles. The van der Waals surface area contributed by atoms with Crippen LogP contribution < -0.4 is 5.73 Å². The SMILES string of the molecule is C=CCC(N)(Cl)C1CO1. The molecular weight excluding hydrogens is 138 g/mol. The molecule has 0 spiro atoms. The van der Waals surface area contributed by atoms with E-state index in [0.717, 1.165) is 0 Å². The molecule has 0 bridgehead atoms. The molecule has 0 saturated carbocycles. The fraction of sp³-hybridized carbons (Fsp3) is 0.667. The van der Waals surface area contributed by atoms with Gasteiger partial charge in [0.15, 0.2) is 0 Å². The molecule has 1 aliphatic heterocycles. The third kappa shape index (κ3) is 1.68. The average Bonchev–Trinajstić information content (AvgIpc) is 2.41. The minimum absolute atomic E-state index is 0.0390. The number of hydrogen-bond donors (Lipinski definition) is 1. The zero-order valence-corrected chi connectivity index (χ0v) is 5.90. The Balaban J connectivity index is 2.38. The predicted molar refractivity (Wildman–Crippen MR) is 37.3 cm³/mol. The van der Waals surface area contributed by atoms with Crippen molar-refractivity contribution in [3.8, 4) is 0 Å². The maximum absolute atomic E-state index is 5.82. The van der Waals surface area contributed by atoms with Crippen LogP contribution in [0.3, 0.4) is 0 Å². The monoisotopic (exact) mass is 147 g/mol. The van der Waals surface area contributed by atoms with E-state index in [9.17, 15) is 0 Å². The fourth-order valence-electron chi connectivity index (χ4n) is 0.678. The van der Waals surface area contributed by atoms with Gasteiger partial charge in [0.05, 0.1) is 6.61 Å². The van der Waals surface area contributed by atoms with Gasteiger partial charge in [0.2, 0.25) is 0 Å². The van der Waals surface area contributed by atoms with Crippen LogP contribution >= 0.6 is 11.6 Å². The minimum Gasteiger partial charge on any atom is -0.370 e. The first-order valence-electron chi connectivity index (χ1n) is 2.87. The Morgan fingerprint density at radius 2 is 2.56 bits per heavy atom. The highest BCUT2D eigenvalue weighted by Crippen LogP contribution is 2.28. The second-order valence-electron chi connectivity index (χ2n) is 2.24. The van der Waals surface area contributed by atoms with Crippen molar-refractivity contribution >= 4 is 11.6 Å². The highest BCUT2D eigenvalue weighted by molar-refractivity contribution is 6.24. The van der Waals surface area contributed by atoms with E-state index >= 15 is 0 Å². The third-order valence-electron chi connectivity index (χ3n) is 1.33. The van der Waals surface area contributed by atoms with Crippen molar-refractivity contribution in [2.24, 2.45) is 5.73 Å². The maximum Gasteiger partial charge on any atom is 0.123 e. The molecule has 2 nitrogen and oxygen atoms in total. The molecule has 1 saturated heterocycles. The quantitative estimate of drug-likeness (QED) is 0.278. The van der Waals surface area contributed by atoms with Crippen LogP contribution in [-0.2, 0) is 4.74 Å². The lowest BCUT2D eigenvalue weighted by Crippen LogP contribution is -2.38. The molecule has 9 heavy (non-hydrogen) atoms. The summed E-state index contributed by atoms with van der Waals surface area (Å²) in [6.45, 7) is 4.22. The number of epoxide rings is 1. The van der Waals surface area contributed by atoms with Crippen molar-refractivity contribution in [2.75, 3.05) is 6.61 Å². The van der Waals surface area contributed by atoms with Crippen LogP contribution in [0.4, 0.5) is 0 Å². The molecule has 2 N–H and O–H groups in total. The van der Waals surface area contributed by atoms with Crippen LogP contribution in [0.25, 0.3) is 0 Å². The van der Waals surface area contributed by atoms with Gasteiger partial charge in [-0.25, -0.2) is 0 Å². The molecule has 0 aliphatic carbocycles. The van der Waals surface area contributed by atoms with Crippen molar-refractivity contribution in [3.05, 3.63) is 12.7 Å². The Labute approximate surface area is 59.6 Å². The second-order valence-corrected chi connectivity index (χ2v) is 2.95. The molecule has 0 radical (unpaired) electrons. The molecule has 2 atom stereocenters. The summed E-state index contributed by atoms with van der Waals surface area (Å²) in [5, 5.41) is 0. The lowest BCUT2D eigenvalue weighted by molar-refractivity contribution is 0.352. The normalized spacial score (nSPS) is 31.1. The van der Waals surface area contributed by atoms with E-state index in [4.69, 9.17) is 22.1 Å². The average molecular weight is 148 g/mol. The zero-order valence-electron chi connectivity index (χ0n) is 5.14. The van der Waals surface area contributed by atoms with Crippen LogP contribution in [0.1, 0.15) is 6.42 Å². The number of ether oxygens (including phenoxy) is 1. The molecule has 1 fully saturated rings. The highest BCUT2D eigenvalue weighted by Gasteiger charge is 2.41. The summed E-state index contributed by atoms with van der Waals surface area (Å²) >= 11 is 5.82. The molecule has 0 aromatic heterocycles. The van der Waals surface area contributed by atoms with Crippen LogP contribution in [-0.4, -0.2) is 17.7 Å². The van der Waals surface area contributed by atoms with Crippen LogP contribution in [0.15, 0.2) is 12.7 Å². The zero-order chi connectivity index (χ0) is 6.91. The van der Waals surface area contributed by atoms with Gasteiger partial charge < -0.3 is 10.5 Å². The Hall–Kier alpha value is -0.0500. The molecule has 0 aromatic rings. The van der Waals surface area contributed by atoms with E-state index < -0.39 is 5.00 Å². The Morgan fingerprint density at radius 1 is 2.00 bits per heavy atom. The second kappa shape index (κ2) is 2.29. The Kier molecular flexibility index (Phi) is 1.80. The molecule has 1 aliphatic rings. The molecule has 52 valence electrons.